The summed E-state index contributed by atoms with van der Waals surface area (Å²) in [6.45, 7) is 5.82. The highest BCUT2D eigenvalue weighted by Gasteiger charge is 2.13. The SMILES string of the molecule is CCOC(=O)c1cn(CC(=O)Nc2cc(C)ccc2C)nn1. The molecule has 7 heteroatoms. The van der Waals surface area contributed by atoms with Gasteiger partial charge in [0.05, 0.1) is 12.8 Å². The van der Waals surface area contributed by atoms with Gasteiger partial charge in [0.25, 0.3) is 0 Å². The van der Waals surface area contributed by atoms with Gasteiger partial charge in [0.2, 0.25) is 5.91 Å². The van der Waals surface area contributed by atoms with E-state index in [-0.39, 0.29) is 24.8 Å². The lowest BCUT2D eigenvalue weighted by molar-refractivity contribution is -0.116. The van der Waals surface area contributed by atoms with Crippen molar-refractivity contribution >= 4 is 17.6 Å². The van der Waals surface area contributed by atoms with E-state index in [1.807, 2.05) is 32.0 Å². The maximum absolute atomic E-state index is 12.0. The van der Waals surface area contributed by atoms with Crippen LogP contribution in [0.1, 0.15) is 28.5 Å². The van der Waals surface area contributed by atoms with Crippen LogP contribution < -0.4 is 5.32 Å². The first-order chi connectivity index (χ1) is 10.5. The maximum atomic E-state index is 12.0. The van der Waals surface area contributed by atoms with Gasteiger partial charge in [-0.05, 0) is 38.0 Å². The maximum Gasteiger partial charge on any atom is 0.360 e. The smallest absolute Gasteiger partial charge is 0.360 e. The van der Waals surface area contributed by atoms with Gasteiger partial charge < -0.3 is 10.1 Å². The molecule has 0 saturated carbocycles. The van der Waals surface area contributed by atoms with Gasteiger partial charge in [0.15, 0.2) is 5.69 Å². The molecule has 1 aromatic carbocycles. The predicted octanol–water partition coefficient (Wildman–Crippen LogP) is 1.71. The third kappa shape index (κ3) is 3.91. The van der Waals surface area contributed by atoms with E-state index in [4.69, 9.17) is 4.74 Å². The van der Waals surface area contributed by atoms with Gasteiger partial charge in [0.1, 0.15) is 6.54 Å². The van der Waals surface area contributed by atoms with Crippen molar-refractivity contribution in [3.8, 4) is 0 Å². The van der Waals surface area contributed by atoms with Crippen LogP contribution in [0.5, 0.6) is 0 Å². The minimum absolute atomic E-state index is 0.0280. The first kappa shape index (κ1) is 15.7. The van der Waals surface area contributed by atoms with Crippen molar-refractivity contribution in [3.05, 3.63) is 41.2 Å². The molecule has 0 radical (unpaired) electrons. The molecule has 0 aliphatic heterocycles. The van der Waals surface area contributed by atoms with Crippen LogP contribution in [0.3, 0.4) is 0 Å². The molecule has 116 valence electrons. The number of nitrogens with one attached hydrogen (secondary N) is 1. The number of anilines is 1. The molecule has 0 spiro atoms. The van der Waals surface area contributed by atoms with Crippen LogP contribution in [0.15, 0.2) is 24.4 Å². The number of esters is 1. The number of carbonyl (C=O) groups excluding carboxylic acids is 2. The molecule has 0 aliphatic carbocycles. The zero-order valence-corrected chi connectivity index (χ0v) is 12.8. The summed E-state index contributed by atoms with van der Waals surface area (Å²) in [5, 5.41) is 10.3. The van der Waals surface area contributed by atoms with E-state index in [1.54, 1.807) is 6.92 Å². The second-order valence-corrected chi connectivity index (χ2v) is 4.89. The highest BCUT2D eigenvalue weighted by Crippen LogP contribution is 2.16. The molecular formula is C15H18N4O3. The molecule has 1 amide bonds. The minimum atomic E-state index is -0.552. The van der Waals surface area contributed by atoms with Crippen molar-refractivity contribution in [2.24, 2.45) is 0 Å². The summed E-state index contributed by atoms with van der Waals surface area (Å²) >= 11 is 0. The Hall–Kier alpha value is -2.70. The summed E-state index contributed by atoms with van der Waals surface area (Å²) < 4.78 is 6.11. The minimum Gasteiger partial charge on any atom is -0.461 e. The average Bonchev–Trinajstić information content (AvgIpc) is 2.91. The molecule has 0 saturated heterocycles. The van der Waals surface area contributed by atoms with E-state index in [1.165, 1.54) is 10.9 Å². The summed E-state index contributed by atoms with van der Waals surface area (Å²) in [4.78, 5) is 23.5. The topological polar surface area (TPSA) is 86.1 Å². The molecule has 0 fully saturated rings. The fraction of sp³-hybridized carbons (Fsp3) is 0.333. The quantitative estimate of drug-likeness (QED) is 0.850. The Balaban J connectivity index is 2.00. The van der Waals surface area contributed by atoms with Gasteiger partial charge in [-0.3, -0.25) is 4.79 Å². The van der Waals surface area contributed by atoms with Gasteiger partial charge >= 0.3 is 5.97 Å². The Bertz CT molecular complexity index is 694. The molecule has 7 nitrogen and oxygen atoms in total. The van der Waals surface area contributed by atoms with Crippen LogP contribution in [0, 0.1) is 13.8 Å². The van der Waals surface area contributed by atoms with Crippen LogP contribution in [-0.2, 0) is 16.1 Å². The molecule has 1 aromatic heterocycles. The second kappa shape index (κ2) is 6.84. The summed E-state index contributed by atoms with van der Waals surface area (Å²) in [5.41, 5.74) is 2.88. The molecule has 0 atom stereocenters. The molecule has 0 bridgehead atoms. The van der Waals surface area contributed by atoms with Gasteiger partial charge in [-0.25, -0.2) is 9.48 Å². The van der Waals surface area contributed by atoms with E-state index in [0.29, 0.717) is 0 Å². The fourth-order valence-electron chi connectivity index (χ4n) is 1.88. The van der Waals surface area contributed by atoms with E-state index >= 15 is 0 Å². The number of carbonyl (C=O) groups is 2. The zero-order valence-electron chi connectivity index (χ0n) is 12.8. The number of hydrogen-bond donors (Lipinski definition) is 1. The molecular weight excluding hydrogens is 284 g/mol. The zero-order chi connectivity index (χ0) is 16.1. The monoisotopic (exact) mass is 302 g/mol. The molecule has 2 aromatic rings. The van der Waals surface area contributed by atoms with Crippen LogP contribution in [-0.4, -0.2) is 33.5 Å². The molecule has 22 heavy (non-hydrogen) atoms. The fourth-order valence-corrected chi connectivity index (χ4v) is 1.88. The molecule has 1 heterocycles. The Morgan fingerprint density at radius 3 is 2.82 bits per heavy atom. The van der Waals surface area contributed by atoms with Crippen molar-refractivity contribution in [1.82, 2.24) is 15.0 Å². The molecule has 1 N–H and O–H groups in total. The number of benzene rings is 1. The van der Waals surface area contributed by atoms with E-state index < -0.39 is 5.97 Å². The first-order valence-electron chi connectivity index (χ1n) is 6.94. The van der Waals surface area contributed by atoms with E-state index in [0.717, 1.165) is 16.8 Å². The number of amides is 1. The Morgan fingerprint density at radius 1 is 1.32 bits per heavy atom. The van der Waals surface area contributed by atoms with E-state index in [9.17, 15) is 9.59 Å². The predicted molar refractivity (Wildman–Crippen MR) is 80.5 cm³/mol. The third-order valence-electron chi connectivity index (χ3n) is 3.00. The third-order valence-corrected chi connectivity index (χ3v) is 3.00. The van der Waals surface area contributed by atoms with Crippen molar-refractivity contribution in [2.75, 3.05) is 11.9 Å². The van der Waals surface area contributed by atoms with Crippen molar-refractivity contribution in [1.29, 1.82) is 0 Å². The Kier molecular flexibility index (Phi) is 4.88. The molecule has 0 aliphatic rings. The van der Waals surface area contributed by atoms with Gasteiger partial charge in [-0.2, -0.15) is 0 Å². The first-order valence-corrected chi connectivity index (χ1v) is 6.94. The van der Waals surface area contributed by atoms with Crippen molar-refractivity contribution in [3.63, 3.8) is 0 Å². The Labute approximate surface area is 128 Å². The summed E-state index contributed by atoms with van der Waals surface area (Å²) in [6, 6.07) is 5.83. The lowest BCUT2D eigenvalue weighted by Crippen LogP contribution is -2.19. The lowest BCUT2D eigenvalue weighted by Gasteiger charge is -2.09. The highest BCUT2D eigenvalue weighted by atomic mass is 16.5. The highest BCUT2D eigenvalue weighted by molar-refractivity contribution is 5.91. The largest absolute Gasteiger partial charge is 0.461 e. The Morgan fingerprint density at radius 2 is 2.09 bits per heavy atom. The van der Waals surface area contributed by atoms with Crippen LogP contribution in [0.25, 0.3) is 0 Å². The number of aryl methyl sites for hydroxylation is 2. The number of hydrogen-bond acceptors (Lipinski definition) is 5. The van der Waals surface area contributed by atoms with Crippen LogP contribution in [0.4, 0.5) is 5.69 Å². The number of nitrogens with zero attached hydrogens (tertiary/aromatic N) is 3. The van der Waals surface area contributed by atoms with Gasteiger partial charge in [-0.1, -0.05) is 17.3 Å². The molecule has 2 rings (SSSR count). The van der Waals surface area contributed by atoms with Crippen molar-refractivity contribution in [2.45, 2.75) is 27.3 Å². The number of rotatable bonds is 5. The standard InChI is InChI=1S/C15H18N4O3/c1-4-22-15(21)13-8-19(18-17-13)9-14(20)16-12-7-10(2)5-6-11(12)3/h5-8H,4,9H2,1-3H3,(H,16,20). The lowest BCUT2D eigenvalue weighted by atomic mass is 10.1. The van der Waals surface area contributed by atoms with Crippen LogP contribution >= 0.6 is 0 Å². The van der Waals surface area contributed by atoms with E-state index in [2.05, 4.69) is 15.6 Å². The van der Waals surface area contributed by atoms with Crippen molar-refractivity contribution < 1.29 is 14.3 Å². The molecule has 0 unspecified atom stereocenters. The van der Waals surface area contributed by atoms with Gasteiger partial charge in [-0.15, -0.1) is 5.10 Å². The van der Waals surface area contributed by atoms with Gasteiger partial charge in [0, 0.05) is 5.69 Å². The second-order valence-electron chi connectivity index (χ2n) is 4.89. The van der Waals surface area contributed by atoms with Crippen LogP contribution in [0.2, 0.25) is 0 Å². The average molecular weight is 302 g/mol. The summed E-state index contributed by atoms with van der Waals surface area (Å²) in [5.74, 6) is -0.794. The summed E-state index contributed by atoms with van der Waals surface area (Å²) in [7, 11) is 0. The summed E-state index contributed by atoms with van der Waals surface area (Å²) in [6.07, 6.45) is 1.39. The number of ether oxygens (including phenoxy) is 1. The number of aromatic nitrogens is 3. The normalized spacial score (nSPS) is 10.3.